The Bertz CT molecular complexity index is 1240. The number of anilines is 1. The van der Waals surface area contributed by atoms with Crippen LogP contribution < -0.4 is 10.6 Å². The van der Waals surface area contributed by atoms with Crippen molar-refractivity contribution in [1.29, 1.82) is 0 Å². The van der Waals surface area contributed by atoms with E-state index < -0.39 is 0 Å². The van der Waals surface area contributed by atoms with E-state index in [0.29, 0.717) is 22.7 Å². The molecule has 2 N–H and O–H groups in total. The first-order valence-electron chi connectivity index (χ1n) is 12.3. The Morgan fingerprint density at radius 3 is 2.36 bits per heavy atom. The molecule has 184 valence electrons. The van der Waals surface area contributed by atoms with Crippen molar-refractivity contribution in [2.45, 2.75) is 11.4 Å². The van der Waals surface area contributed by atoms with Gasteiger partial charge in [0.2, 0.25) is 0 Å². The molecule has 5 rings (SSSR count). The van der Waals surface area contributed by atoms with Gasteiger partial charge in [-0.3, -0.25) is 19.4 Å². The number of benzene rings is 3. The molecule has 0 atom stereocenters. The molecular weight excluding hydrogens is 468 g/mol. The first-order valence-corrected chi connectivity index (χ1v) is 13.1. The highest BCUT2D eigenvalue weighted by atomic mass is 32.2. The van der Waals surface area contributed by atoms with Gasteiger partial charge in [-0.25, -0.2) is 0 Å². The number of piperazine rings is 1. The molecule has 0 bridgehead atoms. The molecule has 3 aromatic carbocycles. The van der Waals surface area contributed by atoms with E-state index in [9.17, 15) is 9.59 Å². The lowest BCUT2D eigenvalue weighted by Crippen LogP contribution is -2.48. The van der Waals surface area contributed by atoms with Gasteiger partial charge < -0.3 is 10.6 Å². The van der Waals surface area contributed by atoms with Crippen LogP contribution in [-0.4, -0.2) is 60.9 Å². The van der Waals surface area contributed by atoms with Crippen LogP contribution in [0.15, 0.2) is 88.7 Å². The van der Waals surface area contributed by atoms with Crippen LogP contribution in [0.4, 0.5) is 5.69 Å². The first-order chi connectivity index (χ1) is 17.6. The number of hydrogen-bond donors (Lipinski definition) is 2. The van der Waals surface area contributed by atoms with Crippen LogP contribution in [0.2, 0.25) is 0 Å². The van der Waals surface area contributed by atoms with Crippen LogP contribution in [-0.2, 0) is 11.3 Å². The predicted molar refractivity (Wildman–Crippen MR) is 146 cm³/mol. The summed E-state index contributed by atoms with van der Waals surface area (Å²) in [6.45, 7) is 6.49. The maximum absolute atomic E-state index is 12.7. The molecule has 0 saturated carbocycles. The number of fused-ring (bicyclic) bond motifs is 1. The Morgan fingerprint density at radius 1 is 0.917 bits per heavy atom. The molecule has 1 fully saturated rings. The zero-order chi connectivity index (χ0) is 24.7. The minimum atomic E-state index is -0.152. The van der Waals surface area contributed by atoms with Gasteiger partial charge in [-0.1, -0.05) is 72.4 Å². The number of carbonyl (C=O) groups is 2. The van der Waals surface area contributed by atoms with Gasteiger partial charge in [0.1, 0.15) is 0 Å². The molecule has 2 heterocycles. The molecule has 0 aromatic heterocycles. The Kier molecular flexibility index (Phi) is 7.81. The van der Waals surface area contributed by atoms with Gasteiger partial charge in [0.15, 0.2) is 0 Å². The average molecular weight is 499 g/mol. The van der Waals surface area contributed by atoms with E-state index in [4.69, 9.17) is 0 Å². The van der Waals surface area contributed by atoms with Crippen LogP contribution in [0.3, 0.4) is 0 Å². The van der Waals surface area contributed by atoms with Crippen molar-refractivity contribution in [2.24, 2.45) is 0 Å². The Hall–Kier alpha value is -3.39. The maximum atomic E-state index is 12.7. The molecule has 3 aromatic rings. The quantitative estimate of drug-likeness (QED) is 0.475. The standard InChI is InChI=1S/C29H30N4O2S/c34-28(30-13-14-32-15-17-33(18-16-32)21-23-9-5-2-6-10-23)24-11-12-26-25(20-24)31-29(35)27(36-26)19-22-7-3-1-4-8-22/h1-12,19-20H,13-18,21H2,(H,30,34)(H,31,35). The Labute approximate surface area is 216 Å². The van der Waals surface area contributed by atoms with E-state index in [1.807, 2.05) is 48.5 Å². The van der Waals surface area contributed by atoms with E-state index in [0.717, 1.165) is 49.7 Å². The van der Waals surface area contributed by atoms with E-state index in [1.165, 1.54) is 17.3 Å². The highest BCUT2D eigenvalue weighted by molar-refractivity contribution is 8.04. The third-order valence-corrected chi connectivity index (χ3v) is 7.56. The minimum Gasteiger partial charge on any atom is -0.351 e. The summed E-state index contributed by atoms with van der Waals surface area (Å²) < 4.78 is 0. The van der Waals surface area contributed by atoms with Crippen molar-refractivity contribution < 1.29 is 9.59 Å². The van der Waals surface area contributed by atoms with Gasteiger partial charge in [0, 0.05) is 56.3 Å². The van der Waals surface area contributed by atoms with Crippen LogP contribution in [0.1, 0.15) is 21.5 Å². The number of nitrogens with zero attached hydrogens (tertiary/aromatic N) is 2. The van der Waals surface area contributed by atoms with Crippen molar-refractivity contribution in [3.63, 3.8) is 0 Å². The molecule has 0 unspecified atom stereocenters. The molecule has 2 aliphatic rings. The molecule has 0 spiro atoms. The lowest BCUT2D eigenvalue weighted by Gasteiger charge is -2.34. The second-order valence-corrected chi connectivity index (χ2v) is 10.1. The van der Waals surface area contributed by atoms with Crippen molar-refractivity contribution in [2.75, 3.05) is 44.6 Å². The number of carbonyl (C=O) groups excluding carboxylic acids is 2. The van der Waals surface area contributed by atoms with Crippen LogP contribution >= 0.6 is 11.8 Å². The highest BCUT2D eigenvalue weighted by Gasteiger charge is 2.22. The third kappa shape index (κ3) is 6.23. The highest BCUT2D eigenvalue weighted by Crippen LogP contribution is 2.39. The third-order valence-electron chi connectivity index (χ3n) is 6.46. The molecule has 2 amide bonds. The molecule has 0 aliphatic carbocycles. The fraction of sp³-hybridized carbons (Fsp3) is 0.241. The van der Waals surface area contributed by atoms with Crippen molar-refractivity contribution in [3.05, 3.63) is 100 Å². The van der Waals surface area contributed by atoms with E-state index >= 15 is 0 Å². The molecular formula is C29H30N4O2S. The lowest BCUT2D eigenvalue weighted by molar-refractivity contribution is -0.112. The van der Waals surface area contributed by atoms with Gasteiger partial charge in [0.25, 0.3) is 11.8 Å². The van der Waals surface area contributed by atoms with E-state index in [2.05, 4.69) is 50.8 Å². The summed E-state index contributed by atoms with van der Waals surface area (Å²) in [6.07, 6.45) is 1.88. The van der Waals surface area contributed by atoms with E-state index in [1.54, 1.807) is 6.07 Å². The molecule has 1 saturated heterocycles. The average Bonchev–Trinajstić information content (AvgIpc) is 2.91. The maximum Gasteiger partial charge on any atom is 0.262 e. The number of thioether (sulfide) groups is 1. The largest absolute Gasteiger partial charge is 0.351 e. The molecule has 2 aliphatic heterocycles. The number of nitrogens with one attached hydrogen (secondary N) is 2. The fourth-order valence-electron chi connectivity index (χ4n) is 4.44. The fourth-order valence-corrected chi connectivity index (χ4v) is 5.38. The number of hydrogen-bond acceptors (Lipinski definition) is 5. The normalized spacial score (nSPS) is 17.4. The second kappa shape index (κ2) is 11.6. The van der Waals surface area contributed by atoms with Crippen molar-refractivity contribution >= 4 is 35.3 Å². The summed E-state index contributed by atoms with van der Waals surface area (Å²) >= 11 is 1.42. The summed E-state index contributed by atoms with van der Waals surface area (Å²) in [7, 11) is 0. The van der Waals surface area contributed by atoms with Gasteiger partial charge in [0.05, 0.1) is 10.6 Å². The van der Waals surface area contributed by atoms with Gasteiger partial charge in [-0.05, 0) is 35.4 Å². The van der Waals surface area contributed by atoms with Gasteiger partial charge in [-0.2, -0.15) is 0 Å². The predicted octanol–water partition coefficient (Wildman–Crippen LogP) is 4.32. The number of amides is 2. The van der Waals surface area contributed by atoms with Crippen molar-refractivity contribution in [1.82, 2.24) is 15.1 Å². The number of rotatable bonds is 7. The van der Waals surface area contributed by atoms with Gasteiger partial charge >= 0.3 is 0 Å². The van der Waals surface area contributed by atoms with Crippen LogP contribution in [0, 0.1) is 0 Å². The minimum absolute atomic E-state index is 0.120. The van der Waals surface area contributed by atoms with Crippen LogP contribution in [0.5, 0.6) is 0 Å². The zero-order valence-electron chi connectivity index (χ0n) is 20.2. The molecule has 7 heteroatoms. The van der Waals surface area contributed by atoms with Gasteiger partial charge in [-0.15, -0.1) is 0 Å². The van der Waals surface area contributed by atoms with Crippen molar-refractivity contribution in [3.8, 4) is 0 Å². The summed E-state index contributed by atoms with van der Waals surface area (Å²) in [6, 6.07) is 25.8. The summed E-state index contributed by atoms with van der Waals surface area (Å²) in [4.78, 5) is 31.8. The first kappa shape index (κ1) is 24.3. The summed E-state index contributed by atoms with van der Waals surface area (Å²) in [5.74, 6) is -0.272. The second-order valence-electron chi connectivity index (χ2n) is 9.05. The smallest absolute Gasteiger partial charge is 0.262 e. The Morgan fingerprint density at radius 2 is 1.61 bits per heavy atom. The molecule has 6 nitrogen and oxygen atoms in total. The Balaban J connectivity index is 1.09. The van der Waals surface area contributed by atoms with E-state index in [-0.39, 0.29) is 11.8 Å². The monoisotopic (exact) mass is 498 g/mol. The topological polar surface area (TPSA) is 64.7 Å². The molecule has 36 heavy (non-hydrogen) atoms. The SMILES string of the molecule is O=C1Nc2cc(C(=O)NCCN3CCN(Cc4ccccc4)CC3)ccc2SC1=Cc1ccccc1. The summed E-state index contributed by atoms with van der Waals surface area (Å²) in [5.41, 5.74) is 3.56. The lowest BCUT2D eigenvalue weighted by atomic mass is 10.1. The molecule has 0 radical (unpaired) electrons. The zero-order valence-corrected chi connectivity index (χ0v) is 21.0. The summed E-state index contributed by atoms with van der Waals surface area (Å²) in [5, 5.41) is 5.97. The van der Waals surface area contributed by atoms with Crippen LogP contribution in [0.25, 0.3) is 6.08 Å².